The smallest absolute Gasteiger partial charge is 0.331 e. The van der Waals surface area contributed by atoms with Crippen LogP contribution in [0, 0.1) is 17.2 Å². The Kier molecular flexibility index (Phi) is 7.81. The number of aromatic nitrogens is 3. The van der Waals surface area contributed by atoms with E-state index in [4.69, 9.17) is 9.90 Å². The first kappa shape index (κ1) is 28.7. The van der Waals surface area contributed by atoms with Crippen LogP contribution in [0.4, 0.5) is 14.5 Å². The quantitative estimate of drug-likeness (QED) is 0.319. The third kappa shape index (κ3) is 5.44. The zero-order chi connectivity index (χ0) is 30.2. The van der Waals surface area contributed by atoms with Crippen molar-refractivity contribution >= 4 is 33.7 Å². The molecule has 3 aromatic heterocycles. The van der Waals surface area contributed by atoms with Gasteiger partial charge in [0.25, 0.3) is 18.5 Å². The number of anilines is 1. The zero-order valence-corrected chi connectivity index (χ0v) is 23.8. The summed E-state index contributed by atoms with van der Waals surface area (Å²) in [5.74, 6) is 1.10. The van der Waals surface area contributed by atoms with Gasteiger partial charge in [0.2, 0.25) is 0 Å². The van der Waals surface area contributed by atoms with E-state index in [-0.39, 0.29) is 13.0 Å². The number of halogens is 2. The van der Waals surface area contributed by atoms with Gasteiger partial charge in [0.15, 0.2) is 0 Å². The molecule has 3 aliphatic rings. The van der Waals surface area contributed by atoms with Crippen LogP contribution < -0.4 is 21.5 Å². The molecule has 2 fully saturated rings. The van der Waals surface area contributed by atoms with Gasteiger partial charge in [-0.2, -0.15) is 5.26 Å². The van der Waals surface area contributed by atoms with Crippen LogP contribution in [0.5, 0.6) is 0 Å². The molecule has 1 saturated carbocycles. The highest BCUT2D eigenvalue weighted by Crippen LogP contribution is 2.58. The van der Waals surface area contributed by atoms with E-state index < -0.39 is 24.2 Å². The van der Waals surface area contributed by atoms with Gasteiger partial charge in [-0.25, -0.2) is 13.6 Å². The number of thiophene rings is 1. The highest BCUT2D eigenvalue weighted by molar-refractivity contribution is 7.19. The van der Waals surface area contributed by atoms with E-state index in [2.05, 4.69) is 27.3 Å². The first-order valence-corrected chi connectivity index (χ1v) is 14.7. The molecule has 43 heavy (non-hydrogen) atoms. The Hall–Kier alpha value is -4.41. The van der Waals surface area contributed by atoms with Crippen molar-refractivity contribution < 1.29 is 18.7 Å². The van der Waals surface area contributed by atoms with Crippen molar-refractivity contribution in [2.45, 2.75) is 44.3 Å². The van der Waals surface area contributed by atoms with Crippen molar-refractivity contribution in [2.75, 3.05) is 24.5 Å². The second-order valence-electron chi connectivity index (χ2n) is 10.9. The third-order valence-corrected chi connectivity index (χ3v) is 9.47. The molecular formula is C30H28F2N6O4S. The van der Waals surface area contributed by atoms with E-state index >= 15 is 0 Å². The molecule has 2 N–H and O–H groups in total. The summed E-state index contributed by atoms with van der Waals surface area (Å²) in [6.45, 7) is 1.87. The summed E-state index contributed by atoms with van der Waals surface area (Å²) in [7, 11) is 0. The number of hydrogen-bond donors (Lipinski definition) is 2. The van der Waals surface area contributed by atoms with Crippen LogP contribution in [-0.2, 0) is 17.9 Å². The van der Waals surface area contributed by atoms with Crippen LogP contribution in [-0.4, -0.2) is 57.8 Å². The number of fused-ring (bicyclic) bond motifs is 4. The highest BCUT2D eigenvalue weighted by Gasteiger charge is 2.47. The number of pyridine rings is 1. The van der Waals surface area contributed by atoms with Gasteiger partial charge in [-0.1, -0.05) is 0 Å². The van der Waals surface area contributed by atoms with Crippen LogP contribution >= 0.6 is 11.3 Å². The molecule has 13 heteroatoms. The van der Waals surface area contributed by atoms with Crippen molar-refractivity contribution in [1.82, 2.24) is 19.4 Å². The molecule has 1 saturated heterocycles. The molecule has 0 bridgehead atoms. The highest BCUT2D eigenvalue weighted by atomic mass is 32.1. The molecule has 0 spiro atoms. The van der Waals surface area contributed by atoms with E-state index in [1.165, 1.54) is 22.6 Å². The predicted octanol–water partition coefficient (Wildman–Crippen LogP) is 3.46. The Morgan fingerprint density at radius 3 is 2.77 bits per heavy atom. The number of benzene rings is 1. The summed E-state index contributed by atoms with van der Waals surface area (Å²) in [6.07, 6.45) is 2.36. The Morgan fingerprint density at radius 2 is 2.05 bits per heavy atom. The van der Waals surface area contributed by atoms with Crippen molar-refractivity contribution in [3.63, 3.8) is 0 Å². The summed E-state index contributed by atoms with van der Waals surface area (Å²) in [4.78, 5) is 41.5. The predicted molar refractivity (Wildman–Crippen MR) is 158 cm³/mol. The average molecular weight is 607 g/mol. The van der Waals surface area contributed by atoms with Gasteiger partial charge in [0.05, 0.1) is 34.9 Å². The number of hydrogen-bond acceptors (Lipinski definition) is 8. The molecule has 7 rings (SSSR count). The van der Waals surface area contributed by atoms with Crippen LogP contribution in [0.15, 0.2) is 52.3 Å². The summed E-state index contributed by atoms with van der Waals surface area (Å²) < 4.78 is 28.6. The van der Waals surface area contributed by atoms with Gasteiger partial charge in [-0.15, -0.1) is 11.3 Å². The number of carboxylic acid groups (broad SMARTS) is 1. The minimum Gasteiger partial charge on any atom is -0.483 e. The summed E-state index contributed by atoms with van der Waals surface area (Å²) in [6, 6.07) is 11.7. The Bertz CT molecular complexity index is 1860. The van der Waals surface area contributed by atoms with Crippen molar-refractivity contribution in [3.8, 4) is 17.2 Å². The molecule has 1 aliphatic carbocycles. The number of nitriles is 1. The Balaban J connectivity index is 0.00000105. The van der Waals surface area contributed by atoms with Gasteiger partial charge in [0, 0.05) is 59.3 Å². The fourth-order valence-electron chi connectivity index (χ4n) is 6.36. The SMILES string of the molecule is N#Cc1cc(-c2ccnc3cc(Cn4c(=O)ccn(CC(F)F)c4=O)sc23)c2c(c1)[C@H]1C[C@H]1CN2[C@@H]1CCNC1.O=CO. The first-order valence-electron chi connectivity index (χ1n) is 13.9. The number of nitrogens with one attached hydrogen (secondary N) is 1. The summed E-state index contributed by atoms with van der Waals surface area (Å²) in [5, 5.41) is 20.3. The van der Waals surface area contributed by atoms with E-state index in [0.717, 1.165) is 75.2 Å². The van der Waals surface area contributed by atoms with Crippen molar-refractivity contribution in [1.29, 1.82) is 5.26 Å². The van der Waals surface area contributed by atoms with Gasteiger partial charge in [-0.05, 0) is 61.1 Å². The van der Waals surface area contributed by atoms with Gasteiger partial charge in [0.1, 0.15) is 0 Å². The molecule has 0 amide bonds. The zero-order valence-electron chi connectivity index (χ0n) is 23.0. The van der Waals surface area contributed by atoms with Gasteiger partial charge < -0.3 is 15.3 Å². The molecule has 222 valence electrons. The lowest BCUT2D eigenvalue weighted by Gasteiger charge is -2.37. The number of rotatable bonds is 6. The molecule has 3 atom stereocenters. The summed E-state index contributed by atoms with van der Waals surface area (Å²) in [5.41, 5.74) is 4.44. The van der Waals surface area contributed by atoms with E-state index in [0.29, 0.717) is 28.3 Å². The molecule has 5 heterocycles. The molecule has 2 aliphatic heterocycles. The topological polar surface area (TPSA) is 133 Å². The van der Waals surface area contributed by atoms with Gasteiger partial charge >= 0.3 is 5.69 Å². The number of nitrogens with zero attached hydrogens (tertiary/aromatic N) is 5. The fourth-order valence-corrected chi connectivity index (χ4v) is 7.50. The Morgan fingerprint density at radius 1 is 1.23 bits per heavy atom. The fraction of sp³-hybridized carbons (Fsp3) is 0.367. The second-order valence-corrected chi connectivity index (χ2v) is 12.1. The third-order valence-electron chi connectivity index (χ3n) is 8.33. The lowest BCUT2D eigenvalue weighted by molar-refractivity contribution is -0.122. The molecule has 0 unspecified atom stereocenters. The maximum absolute atomic E-state index is 13.0. The number of alkyl halides is 2. The first-order chi connectivity index (χ1) is 20.8. The maximum Gasteiger partial charge on any atom is 0.331 e. The van der Waals surface area contributed by atoms with Crippen LogP contribution in [0.2, 0.25) is 0 Å². The lowest BCUT2D eigenvalue weighted by Crippen LogP contribution is -2.41. The standard InChI is InChI=1S/C29H26F2N6O2S.CH2O2/c30-25(31)15-35-6-3-26(38)37(29(35)39)14-19-10-24-28(40-19)20(2-5-34-24)22-7-16(11-32)8-23-21-9-17(21)13-36(27(22)23)18-1-4-33-12-18;2-1-3/h2-3,5-8,10,17-18,21,25,33H,1,4,9,12-15H2;1H,(H,2,3)/t17-,18+,21-;/m0./s1. The average Bonchev–Trinajstić information content (AvgIpc) is 3.36. The lowest BCUT2D eigenvalue weighted by atomic mass is 9.90. The monoisotopic (exact) mass is 606 g/mol. The van der Waals surface area contributed by atoms with Crippen LogP contribution in [0.25, 0.3) is 21.3 Å². The Labute approximate surface area is 248 Å². The van der Waals surface area contributed by atoms with E-state index in [1.807, 2.05) is 18.2 Å². The van der Waals surface area contributed by atoms with Gasteiger partial charge in [-0.3, -0.25) is 23.7 Å². The summed E-state index contributed by atoms with van der Waals surface area (Å²) >= 11 is 1.43. The minimum atomic E-state index is -2.71. The molecular weight excluding hydrogens is 578 g/mol. The van der Waals surface area contributed by atoms with E-state index in [1.54, 1.807) is 6.20 Å². The van der Waals surface area contributed by atoms with Crippen LogP contribution in [0.1, 0.15) is 34.8 Å². The maximum atomic E-state index is 13.0. The number of carbonyl (C=O) groups is 1. The van der Waals surface area contributed by atoms with E-state index in [9.17, 15) is 23.6 Å². The minimum absolute atomic E-state index is 0.0395. The van der Waals surface area contributed by atoms with Crippen molar-refractivity contribution in [3.05, 3.63) is 79.6 Å². The normalized spacial score (nSPS) is 20.2. The second kappa shape index (κ2) is 11.7. The molecule has 1 aromatic carbocycles. The molecule has 0 radical (unpaired) electrons. The molecule has 4 aromatic rings. The largest absolute Gasteiger partial charge is 0.483 e. The molecule has 10 nitrogen and oxygen atoms in total. The van der Waals surface area contributed by atoms with Crippen LogP contribution in [0.3, 0.4) is 0 Å². The van der Waals surface area contributed by atoms with Crippen molar-refractivity contribution in [2.24, 2.45) is 5.92 Å².